The molecule has 0 saturated carbocycles. The van der Waals surface area contributed by atoms with E-state index in [9.17, 15) is 0 Å². The predicted molar refractivity (Wildman–Crippen MR) is 49.9 cm³/mol. The van der Waals surface area contributed by atoms with Gasteiger partial charge in [0.05, 0.1) is 5.02 Å². The highest BCUT2D eigenvalue weighted by molar-refractivity contribution is 6.32. The fourth-order valence-corrected chi connectivity index (χ4v) is 1.81. The highest BCUT2D eigenvalue weighted by Gasteiger charge is 2.30. The number of fused-ring (bicyclic) bond motifs is 1. The van der Waals surface area contributed by atoms with E-state index >= 15 is 0 Å². The van der Waals surface area contributed by atoms with Crippen molar-refractivity contribution in [1.29, 1.82) is 0 Å². The zero-order valence-electron chi connectivity index (χ0n) is 7.23. The summed E-state index contributed by atoms with van der Waals surface area (Å²) in [5.74, 6) is 0.865. The maximum Gasteiger partial charge on any atom is 0.142 e. The van der Waals surface area contributed by atoms with Gasteiger partial charge in [-0.3, -0.25) is 0 Å². The van der Waals surface area contributed by atoms with Crippen molar-refractivity contribution >= 4 is 11.6 Å². The molecule has 2 rings (SSSR count). The number of ether oxygens (including phenoxy) is 1. The third kappa shape index (κ3) is 1.18. The first-order valence-electron chi connectivity index (χ1n) is 4.05. The largest absolute Gasteiger partial charge is 0.486 e. The normalized spacial score (nSPS) is 18.6. The molecule has 0 fully saturated rings. The van der Waals surface area contributed by atoms with Crippen LogP contribution in [0.5, 0.6) is 5.75 Å². The summed E-state index contributed by atoms with van der Waals surface area (Å²) >= 11 is 5.97. The number of hydrogen-bond donors (Lipinski definition) is 0. The second-order valence-corrected chi connectivity index (χ2v) is 4.17. The molecule has 0 saturated heterocycles. The summed E-state index contributed by atoms with van der Waals surface area (Å²) in [6.07, 6.45) is 0.947. The van der Waals surface area contributed by atoms with E-state index in [0.717, 1.165) is 17.2 Å². The van der Waals surface area contributed by atoms with Crippen molar-refractivity contribution in [1.82, 2.24) is 0 Å². The molecule has 64 valence electrons. The zero-order valence-corrected chi connectivity index (χ0v) is 7.98. The summed E-state index contributed by atoms with van der Waals surface area (Å²) in [6.45, 7) is 4.15. The minimum Gasteiger partial charge on any atom is -0.486 e. The molecule has 2 heteroatoms. The van der Waals surface area contributed by atoms with E-state index in [1.54, 1.807) is 0 Å². The number of rotatable bonds is 0. The SMILES string of the molecule is CC1(C)Cc2cccc(Cl)c2O1. The van der Waals surface area contributed by atoms with Gasteiger partial charge in [-0.2, -0.15) is 0 Å². The first-order chi connectivity index (χ1) is 5.58. The van der Waals surface area contributed by atoms with Gasteiger partial charge in [0.15, 0.2) is 0 Å². The fraction of sp³-hybridized carbons (Fsp3) is 0.400. The molecule has 0 amide bonds. The van der Waals surface area contributed by atoms with Crippen molar-refractivity contribution < 1.29 is 4.74 Å². The van der Waals surface area contributed by atoms with Gasteiger partial charge in [-0.25, -0.2) is 0 Å². The number of para-hydroxylation sites is 1. The van der Waals surface area contributed by atoms with E-state index in [1.165, 1.54) is 5.56 Å². The van der Waals surface area contributed by atoms with Crippen LogP contribution in [0.4, 0.5) is 0 Å². The van der Waals surface area contributed by atoms with Crippen LogP contribution in [-0.2, 0) is 6.42 Å². The summed E-state index contributed by atoms with van der Waals surface area (Å²) in [6, 6.07) is 5.89. The lowest BCUT2D eigenvalue weighted by Crippen LogP contribution is -2.24. The number of halogens is 1. The molecule has 0 aliphatic carbocycles. The van der Waals surface area contributed by atoms with Crippen molar-refractivity contribution in [3.63, 3.8) is 0 Å². The van der Waals surface area contributed by atoms with E-state index < -0.39 is 0 Å². The van der Waals surface area contributed by atoms with Crippen LogP contribution in [0.25, 0.3) is 0 Å². The summed E-state index contributed by atoms with van der Waals surface area (Å²) in [5.41, 5.74) is 1.13. The number of benzene rings is 1. The minimum atomic E-state index is -0.0900. The molecule has 0 unspecified atom stereocenters. The smallest absolute Gasteiger partial charge is 0.142 e. The van der Waals surface area contributed by atoms with Crippen LogP contribution in [0.3, 0.4) is 0 Å². The molecule has 1 aliphatic rings. The lowest BCUT2D eigenvalue weighted by atomic mass is 10.0. The molecular weight excluding hydrogens is 172 g/mol. The summed E-state index contributed by atoms with van der Waals surface area (Å²) in [5, 5.41) is 0.720. The van der Waals surface area contributed by atoms with Gasteiger partial charge < -0.3 is 4.74 Å². The second-order valence-electron chi connectivity index (χ2n) is 3.77. The molecule has 1 heterocycles. The van der Waals surface area contributed by atoms with Crippen LogP contribution in [0, 0.1) is 0 Å². The van der Waals surface area contributed by atoms with Crippen molar-refractivity contribution in [2.45, 2.75) is 25.9 Å². The Morgan fingerprint density at radius 3 is 2.83 bits per heavy atom. The van der Waals surface area contributed by atoms with Gasteiger partial charge in [-0.15, -0.1) is 0 Å². The molecule has 1 aliphatic heterocycles. The van der Waals surface area contributed by atoms with E-state index in [1.807, 2.05) is 12.1 Å². The van der Waals surface area contributed by atoms with Crippen molar-refractivity contribution in [2.24, 2.45) is 0 Å². The van der Waals surface area contributed by atoms with Gasteiger partial charge in [0, 0.05) is 6.42 Å². The molecule has 0 N–H and O–H groups in total. The maximum absolute atomic E-state index is 5.97. The van der Waals surface area contributed by atoms with Gasteiger partial charge in [0.25, 0.3) is 0 Å². The lowest BCUT2D eigenvalue weighted by molar-refractivity contribution is 0.138. The molecule has 1 aromatic rings. The number of hydrogen-bond acceptors (Lipinski definition) is 1. The molecule has 1 aromatic carbocycles. The zero-order chi connectivity index (χ0) is 8.77. The molecular formula is C10H11ClO. The molecule has 0 spiro atoms. The highest BCUT2D eigenvalue weighted by atomic mass is 35.5. The molecule has 1 nitrogen and oxygen atoms in total. The Morgan fingerprint density at radius 1 is 1.42 bits per heavy atom. The standard InChI is InChI=1S/C10H11ClO/c1-10(2)6-7-4-3-5-8(11)9(7)12-10/h3-5H,6H2,1-2H3. The minimum absolute atomic E-state index is 0.0900. The third-order valence-corrected chi connectivity index (χ3v) is 2.34. The monoisotopic (exact) mass is 182 g/mol. The Balaban J connectivity index is 2.48. The maximum atomic E-state index is 5.97. The Labute approximate surface area is 77.3 Å². The fourth-order valence-electron chi connectivity index (χ4n) is 1.58. The van der Waals surface area contributed by atoms with Crippen molar-refractivity contribution in [3.05, 3.63) is 28.8 Å². The van der Waals surface area contributed by atoms with Gasteiger partial charge in [-0.1, -0.05) is 23.7 Å². The molecule has 0 bridgehead atoms. The van der Waals surface area contributed by atoms with Crippen LogP contribution in [0.15, 0.2) is 18.2 Å². The quantitative estimate of drug-likeness (QED) is 0.599. The first kappa shape index (κ1) is 7.93. The molecule has 0 atom stereocenters. The summed E-state index contributed by atoms with van der Waals surface area (Å²) in [7, 11) is 0. The third-order valence-electron chi connectivity index (χ3n) is 2.04. The van der Waals surface area contributed by atoms with Gasteiger partial charge >= 0.3 is 0 Å². The first-order valence-corrected chi connectivity index (χ1v) is 4.43. The Morgan fingerprint density at radius 2 is 2.17 bits per heavy atom. The van der Waals surface area contributed by atoms with E-state index in [2.05, 4.69) is 19.9 Å². The second kappa shape index (κ2) is 2.40. The Kier molecular flexibility index (Phi) is 1.58. The molecule has 0 radical (unpaired) electrons. The van der Waals surface area contributed by atoms with Gasteiger partial charge in [0.1, 0.15) is 11.4 Å². The lowest BCUT2D eigenvalue weighted by Gasteiger charge is -2.17. The topological polar surface area (TPSA) is 9.23 Å². The summed E-state index contributed by atoms with van der Waals surface area (Å²) < 4.78 is 5.69. The van der Waals surface area contributed by atoms with E-state index in [0.29, 0.717) is 0 Å². The van der Waals surface area contributed by atoms with Crippen molar-refractivity contribution in [2.75, 3.05) is 0 Å². The average Bonchev–Trinajstić information content (AvgIpc) is 2.25. The average molecular weight is 183 g/mol. The van der Waals surface area contributed by atoms with Crippen LogP contribution in [-0.4, -0.2) is 5.60 Å². The summed E-state index contributed by atoms with van der Waals surface area (Å²) in [4.78, 5) is 0. The molecule has 0 aromatic heterocycles. The Bertz CT molecular complexity index is 318. The van der Waals surface area contributed by atoms with E-state index in [-0.39, 0.29) is 5.60 Å². The van der Waals surface area contributed by atoms with Gasteiger partial charge in [0.2, 0.25) is 0 Å². The van der Waals surface area contributed by atoms with Crippen LogP contribution >= 0.6 is 11.6 Å². The van der Waals surface area contributed by atoms with Crippen molar-refractivity contribution in [3.8, 4) is 5.75 Å². The highest BCUT2D eigenvalue weighted by Crippen LogP contribution is 2.39. The predicted octanol–water partition coefficient (Wildman–Crippen LogP) is 3.05. The van der Waals surface area contributed by atoms with Crippen LogP contribution in [0.1, 0.15) is 19.4 Å². The Hall–Kier alpha value is -0.690. The van der Waals surface area contributed by atoms with Gasteiger partial charge in [-0.05, 0) is 25.5 Å². The van der Waals surface area contributed by atoms with E-state index in [4.69, 9.17) is 16.3 Å². The molecule has 12 heavy (non-hydrogen) atoms. The van der Waals surface area contributed by atoms with Crippen LogP contribution < -0.4 is 4.74 Å². The van der Waals surface area contributed by atoms with Crippen LogP contribution in [0.2, 0.25) is 5.02 Å².